The Kier molecular flexibility index (Phi) is 3.40. The van der Waals surface area contributed by atoms with Crippen molar-refractivity contribution in [2.24, 2.45) is 0 Å². The molecule has 3 N–H and O–H groups in total. The number of nitrogens with two attached hydrogens (primary N) is 1. The summed E-state index contributed by atoms with van der Waals surface area (Å²) in [7, 11) is 0. The summed E-state index contributed by atoms with van der Waals surface area (Å²) in [5.41, 5.74) is 4.30. The molecule has 0 heterocycles. The van der Waals surface area contributed by atoms with E-state index in [1.165, 1.54) is 24.3 Å². The predicted molar refractivity (Wildman–Crippen MR) is 67.4 cm³/mol. The molecular formula is C14H10F3NO2. The van der Waals surface area contributed by atoms with Crippen LogP contribution in [0.3, 0.4) is 0 Å². The summed E-state index contributed by atoms with van der Waals surface area (Å²) in [6.45, 7) is 0. The minimum absolute atomic E-state index is 0.0377. The molecule has 6 heteroatoms. The SMILES string of the molecule is Nc1c(O)cccc1C(=O)c1cccc(C(F)(F)F)c1. The molecule has 0 atom stereocenters. The molecule has 2 rings (SSSR count). The van der Waals surface area contributed by atoms with E-state index >= 15 is 0 Å². The molecule has 0 aliphatic carbocycles. The van der Waals surface area contributed by atoms with Crippen LogP contribution in [0.4, 0.5) is 18.9 Å². The molecule has 0 fully saturated rings. The highest BCUT2D eigenvalue weighted by molar-refractivity contribution is 6.12. The molecule has 0 bridgehead atoms. The van der Waals surface area contributed by atoms with Gasteiger partial charge in [-0.25, -0.2) is 0 Å². The Morgan fingerprint density at radius 3 is 2.40 bits per heavy atom. The first-order chi connectivity index (χ1) is 9.30. The number of rotatable bonds is 2. The molecule has 0 radical (unpaired) electrons. The number of hydrogen-bond donors (Lipinski definition) is 2. The standard InChI is InChI=1S/C14H10F3NO2/c15-14(16,17)9-4-1-3-8(7-9)13(20)10-5-2-6-11(19)12(10)18/h1-7,19H,18H2. The Balaban J connectivity index is 2.47. The summed E-state index contributed by atoms with van der Waals surface area (Å²) in [5.74, 6) is -0.965. The van der Waals surface area contributed by atoms with E-state index in [9.17, 15) is 23.1 Å². The summed E-state index contributed by atoms with van der Waals surface area (Å²) in [5, 5.41) is 9.42. The van der Waals surface area contributed by atoms with Gasteiger partial charge in [0.25, 0.3) is 0 Å². The van der Waals surface area contributed by atoms with Gasteiger partial charge < -0.3 is 10.8 Å². The maximum atomic E-state index is 12.6. The van der Waals surface area contributed by atoms with Crippen molar-refractivity contribution in [3.63, 3.8) is 0 Å². The van der Waals surface area contributed by atoms with Crippen LogP contribution in [0.1, 0.15) is 21.5 Å². The zero-order valence-corrected chi connectivity index (χ0v) is 10.1. The predicted octanol–water partition coefficient (Wildman–Crippen LogP) is 3.22. The number of hydrogen-bond acceptors (Lipinski definition) is 3. The number of halogens is 3. The number of nitrogen functional groups attached to an aromatic ring is 1. The molecule has 20 heavy (non-hydrogen) atoms. The first-order valence-electron chi connectivity index (χ1n) is 5.60. The Morgan fingerprint density at radius 2 is 1.75 bits per heavy atom. The van der Waals surface area contributed by atoms with Gasteiger partial charge in [0.1, 0.15) is 5.75 Å². The maximum absolute atomic E-state index is 12.6. The monoisotopic (exact) mass is 281 g/mol. The minimum Gasteiger partial charge on any atom is -0.506 e. The highest BCUT2D eigenvalue weighted by Crippen LogP contribution is 2.31. The number of phenolic OH excluding ortho intramolecular Hbond substituents is 1. The van der Waals surface area contributed by atoms with Crippen molar-refractivity contribution in [3.8, 4) is 5.75 Å². The highest BCUT2D eigenvalue weighted by atomic mass is 19.4. The normalized spacial score (nSPS) is 11.3. The van der Waals surface area contributed by atoms with Crippen LogP contribution in [0.25, 0.3) is 0 Å². The van der Waals surface area contributed by atoms with E-state index in [0.717, 1.165) is 18.2 Å². The van der Waals surface area contributed by atoms with E-state index in [0.29, 0.717) is 0 Å². The third-order valence-corrected chi connectivity index (χ3v) is 2.78. The van der Waals surface area contributed by atoms with Crippen molar-refractivity contribution < 1.29 is 23.1 Å². The second kappa shape index (κ2) is 4.88. The van der Waals surface area contributed by atoms with Crippen LogP contribution < -0.4 is 5.73 Å². The topological polar surface area (TPSA) is 63.3 Å². The highest BCUT2D eigenvalue weighted by Gasteiger charge is 2.31. The average Bonchev–Trinajstić information content (AvgIpc) is 2.40. The van der Waals surface area contributed by atoms with Gasteiger partial charge in [-0.15, -0.1) is 0 Å². The van der Waals surface area contributed by atoms with E-state index in [-0.39, 0.29) is 22.6 Å². The van der Waals surface area contributed by atoms with Gasteiger partial charge in [-0.1, -0.05) is 18.2 Å². The van der Waals surface area contributed by atoms with E-state index in [1.54, 1.807) is 0 Å². The van der Waals surface area contributed by atoms with Crippen molar-refractivity contribution >= 4 is 11.5 Å². The number of phenols is 1. The molecule has 0 unspecified atom stereocenters. The van der Waals surface area contributed by atoms with E-state index in [4.69, 9.17) is 5.73 Å². The quantitative estimate of drug-likeness (QED) is 0.504. The number of carbonyl (C=O) groups excluding carboxylic acids is 1. The lowest BCUT2D eigenvalue weighted by molar-refractivity contribution is -0.137. The van der Waals surface area contributed by atoms with Crippen molar-refractivity contribution in [2.45, 2.75) is 6.18 Å². The first-order valence-corrected chi connectivity index (χ1v) is 5.60. The van der Waals surface area contributed by atoms with Gasteiger partial charge in [-0.2, -0.15) is 13.2 Å². The Hall–Kier alpha value is -2.50. The van der Waals surface area contributed by atoms with Gasteiger partial charge in [-0.3, -0.25) is 4.79 Å². The average molecular weight is 281 g/mol. The first kappa shape index (κ1) is 13.9. The van der Waals surface area contributed by atoms with Crippen molar-refractivity contribution in [2.75, 3.05) is 5.73 Å². The molecule has 2 aromatic rings. The van der Waals surface area contributed by atoms with Gasteiger partial charge in [-0.05, 0) is 24.3 Å². The Labute approximate surface area is 112 Å². The number of carbonyl (C=O) groups is 1. The van der Waals surface area contributed by atoms with Gasteiger partial charge >= 0.3 is 6.18 Å². The van der Waals surface area contributed by atoms with Gasteiger partial charge in [0.2, 0.25) is 0 Å². The fourth-order valence-corrected chi connectivity index (χ4v) is 1.74. The minimum atomic E-state index is -4.53. The van der Waals surface area contributed by atoms with Crippen molar-refractivity contribution in [1.82, 2.24) is 0 Å². The Bertz CT molecular complexity index is 666. The van der Waals surface area contributed by atoms with Crippen LogP contribution in [0.5, 0.6) is 5.75 Å². The van der Waals surface area contributed by atoms with Gasteiger partial charge in [0.05, 0.1) is 11.3 Å². The third-order valence-electron chi connectivity index (χ3n) is 2.78. The van der Waals surface area contributed by atoms with E-state index in [2.05, 4.69) is 0 Å². The molecule has 0 saturated heterocycles. The molecule has 0 aromatic heterocycles. The lowest BCUT2D eigenvalue weighted by Gasteiger charge is -2.09. The molecule has 2 aromatic carbocycles. The molecular weight excluding hydrogens is 271 g/mol. The number of anilines is 1. The van der Waals surface area contributed by atoms with Gasteiger partial charge in [0.15, 0.2) is 5.78 Å². The maximum Gasteiger partial charge on any atom is 0.416 e. The van der Waals surface area contributed by atoms with Crippen LogP contribution in [0.15, 0.2) is 42.5 Å². The van der Waals surface area contributed by atoms with Crippen LogP contribution in [-0.2, 0) is 6.18 Å². The molecule has 0 spiro atoms. The molecule has 0 saturated carbocycles. The summed E-state index contributed by atoms with van der Waals surface area (Å²) in [6.07, 6.45) is -4.53. The van der Waals surface area contributed by atoms with Gasteiger partial charge in [0, 0.05) is 11.1 Å². The fourth-order valence-electron chi connectivity index (χ4n) is 1.74. The lowest BCUT2D eigenvalue weighted by Crippen LogP contribution is -2.09. The second-order valence-corrected chi connectivity index (χ2v) is 4.15. The van der Waals surface area contributed by atoms with Crippen molar-refractivity contribution in [3.05, 3.63) is 59.2 Å². The third kappa shape index (κ3) is 2.59. The van der Waals surface area contributed by atoms with E-state index < -0.39 is 17.5 Å². The molecule has 0 amide bonds. The molecule has 104 valence electrons. The number of aromatic hydroxyl groups is 1. The largest absolute Gasteiger partial charge is 0.506 e. The number of alkyl halides is 3. The number of benzene rings is 2. The lowest BCUT2D eigenvalue weighted by atomic mass is 9.99. The van der Waals surface area contributed by atoms with Crippen LogP contribution in [0.2, 0.25) is 0 Å². The molecule has 0 aliphatic rings. The summed E-state index contributed by atoms with van der Waals surface area (Å²) in [4.78, 5) is 12.1. The smallest absolute Gasteiger partial charge is 0.416 e. The summed E-state index contributed by atoms with van der Waals surface area (Å²) < 4.78 is 37.8. The Morgan fingerprint density at radius 1 is 1.10 bits per heavy atom. The number of ketones is 1. The van der Waals surface area contributed by atoms with E-state index in [1.807, 2.05) is 0 Å². The second-order valence-electron chi connectivity index (χ2n) is 4.15. The fraction of sp³-hybridized carbons (Fsp3) is 0.0714. The molecule has 3 nitrogen and oxygen atoms in total. The van der Waals surface area contributed by atoms with Crippen LogP contribution in [-0.4, -0.2) is 10.9 Å². The number of para-hydroxylation sites is 1. The summed E-state index contributed by atoms with van der Waals surface area (Å²) in [6, 6.07) is 8.08. The zero-order valence-electron chi connectivity index (χ0n) is 10.1. The van der Waals surface area contributed by atoms with Crippen molar-refractivity contribution in [1.29, 1.82) is 0 Å². The summed E-state index contributed by atoms with van der Waals surface area (Å²) >= 11 is 0. The van der Waals surface area contributed by atoms with Crippen LogP contribution in [0, 0.1) is 0 Å². The zero-order chi connectivity index (χ0) is 14.9. The van der Waals surface area contributed by atoms with Crippen LogP contribution >= 0.6 is 0 Å². The molecule has 0 aliphatic heterocycles.